The molecular formula is C28H37ClN2O3. The van der Waals surface area contributed by atoms with E-state index >= 15 is 0 Å². The largest absolute Gasteiger partial charge is 0.423 e. The van der Waals surface area contributed by atoms with Gasteiger partial charge in [-0.1, -0.05) is 94.9 Å². The van der Waals surface area contributed by atoms with E-state index in [0.717, 1.165) is 18.4 Å². The van der Waals surface area contributed by atoms with Gasteiger partial charge in [0.15, 0.2) is 0 Å². The summed E-state index contributed by atoms with van der Waals surface area (Å²) in [5, 5.41) is 4.58. The summed E-state index contributed by atoms with van der Waals surface area (Å²) in [4.78, 5) is 24.2. The summed E-state index contributed by atoms with van der Waals surface area (Å²) in [6.45, 7) is 2.25. The van der Waals surface area contributed by atoms with Crippen molar-refractivity contribution in [2.45, 2.75) is 84.0 Å². The molecule has 0 heterocycles. The number of halogens is 1. The number of benzene rings is 2. The van der Waals surface area contributed by atoms with Crippen molar-refractivity contribution in [1.29, 1.82) is 0 Å². The van der Waals surface area contributed by atoms with Gasteiger partial charge in [-0.15, -0.1) is 0 Å². The molecule has 2 aromatic carbocycles. The maximum absolute atomic E-state index is 12.2. The Morgan fingerprint density at radius 2 is 1.50 bits per heavy atom. The molecule has 0 unspecified atom stereocenters. The average Bonchev–Trinajstić information content (AvgIpc) is 2.83. The van der Waals surface area contributed by atoms with Gasteiger partial charge < -0.3 is 4.74 Å². The third kappa shape index (κ3) is 12.0. The highest BCUT2D eigenvalue weighted by Crippen LogP contribution is 2.16. The van der Waals surface area contributed by atoms with E-state index in [4.69, 9.17) is 16.3 Å². The highest BCUT2D eigenvalue weighted by molar-refractivity contribution is 6.30. The number of ether oxygens (including phenoxy) is 1. The Kier molecular flexibility index (Phi) is 13.7. The second kappa shape index (κ2) is 16.9. The van der Waals surface area contributed by atoms with Crippen LogP contribution in [0.4, 0.5) is 0 Å². The van der Waals surface area contributed by atoms with Gasteiger partial charge in [-0.3, -0.25) is 4.79 Å². The van der Waals surface area contributed by atoms with Crippen LogP contribution in [0, 0.1) is 0 Å². The molecule has 0 aliphatic carbocycles. The molecule has 5 nitrogen and oxygen atoms in total. The average molecular weight is 485 g/mol. The number of nitrogens with one attached hydrogen (secondary N) is 1. The molecule has 0 saturated carbocycles. The van der Waals surface area contributed by atoms with Crippen molar-refractivity contribution in [3.63, 3.8) is 0 Å². The Morgan fingerprint density at radius 3 is 2.15 bits per heavy atom. The lowest BCUT2D eigenvalue weighted by atomic mass is 10.1. The summed E-state index contributed by atoms with van der Waals surface area (Å²) < 4.78 is 5.40. The van der Waals surface area contributed by atoms with E-state index in [2.05, 4.69) is 17.5 Å². The van der Waals surface area contributed by atoms with Crippen LogP contribution in [0.25, 0.3) is 0 Å². The molecule has 1 amide bonds. The van der Waals surface area contributed by atoms with Crippen LogP contribution in [0.2, 0.25) is 5.02 Å². The lowest BCUT2D eigenvalue weighted by Gasteiger charge is -2.05. The molecule has 0 atom stereocenters. The summed E-state index contributed by atoms with van der Waals surface area (Å²) in [7, 11) is 0. The number of carbonyl (C=O) groups is 2. The summed E-state index contributed by atoms with van der Waals surface area (Å²) in [5.41, 5.74) is 3.70. The van der Waals surface area contributed by atoms with Gasteiger partial charge in [-0.2, -0.15) is 5.10 Å². The second-order valence-corrected chi connectivity index (χ2v) is 8.98. The fourth-order valence-corrected chi connectivity index (χ4v) is 3.72. The van der Waals surface area contributed by atoms with Crippen molar-refractivity contribution >= 4 is 29.7 Å². The van der Waals surface area contributed by atoms with Gasteiger partial charge >= 0.3 is 5.97 Å². The molecule has 2 rings (SSSR count). The molecule has 34 heavy (non-hydrogen) atoms. The zero-order valence-electron chi connectivity index (χ0n) is 20.2. The minimum atomic E-state index is -0.467. The van der Waals surface area contributed by atoms with Crippen molar-refractivity contribution in [1.82, 2.24) is 5.43 Å². The van der Waals surface area contributed by atoms with E-state index in [1.807, 2.05) is 6.07 Å². The summed E-state index contributed by atoms with van der Waals surface area (Å²) in [5.74, 6) is -0.153. The zero-order chi connectivity index (χ0) is 24.4. The first-order valence-corrected chi connectivity index (χ1v) is 12.9. The van der Waals surface area contributed by atoms with E-state index in [-0.39, 0.29) is 5.91 Å². The van der Waals surface area contributed by atoms with E-state index < -0.39 is 5.97 Å². The van der Waals surface area contributed by atoms with Crippen LogP contribution >= 0.6 is 11.6 Å². The van der Waals surface area contributed by atoms with Crippen molar-refractivity contribution in [2.24, 2.45) is 5.10 Å². The third-order valence-corrected chi connectivity index (χ3v) is 5.81. The SMILES string of the molecule is CCCCCCCCCCCCCC(=O)N/N=C/c1cccc(OC(=O)c2ccc(Cl)cc2)c1. The van der Waals surface area contributed by atoms with Crippen molar-refractivity contribution in [2.75, 3.05) is 0 Å². The molecule has 0 bridgehead atoms. The van der Waals surface area contributed by atoms with Gasteiger partial charge in [0.25, 0.3) is 0 Å². The molecule has 0 aliphatic heterocycles. The van der Waals surface area contributed by atoms with Gasteiger partial charge in [-0.05, 0) is 48.4 Å². The van der Waals surface area contributed by atoms with Crippen LogP contribution in [0.15, 0.2) is 53.6 Å². The van der Waals surface area contributed by atoms with Crippen LogP contribution < -0.4 is 10.2 Å². The monoisotopic (exact) mass is 484 g/mol. The van der Waals surface area contributed by atoms with Crippen LogP contribution in [0.5, 0.6) is 5.75 Å². The maximum atomic E-state index is 12.2. The standard InChI is InChI=1S/C28H37ClN2O3/c1-2-3-4-5-6-7-8-9-10-11-12-16-27(32)31-30-22-23-14-13-15-26(21-23)34-28(33)24-17-19-25(29)20-18-24/h13-15,17-22H,2-12,16H2,1H3,(H,31,32)/b30-22+. The Labute approximate surface area is 208 Å². The Hall–Kier alpha value is -2.66. The minimum Gasteiger partial charge on any atom is -0.423 e. The Morgan fingerprint density at radius 1 is 0.882 bits per heavy atom. The number of rotatable bonds is 16. The first-order chi connectivity index (χ1) is 16.6. The molecular weight excluding hydrogens is 448 g/mol. The summed E-state index contributed by atoms with van der Waals surface area (Å²) >= 11 is 5.85. The molecule has 0 saturated heterocycles. The minimum absolute atomic E-state index is 0.0857. The van der Waals surface area contributed by atoms with Crippen LogP contribution in [-0.4, -0.2) is 18.1 Å². The lowest BCUT2D eigenvalue weighted by Crippen LogP contribution is -2.16. The van der Waals surface area contributed by atoms with Crippen LogP contribution in [-0.2, 0) is 4.79 Å². The number of hydrazone groups is 1. The molecule has 0 radical (unpaired) electrons. The number of carbonyl (C=O) groups excluding carboxylic acids is 2. The lowest BCUT2D eigenvalue weighted by molar-refractivity contribution is -0.121. The van der Waals surface area contributed by atoms with Gasteiger partial charge in [0, 0.05) is 11.4 Å². The fourth-order valence-electron chi connectivity index (χ4n) is 3.59. The smallest absolute Gasteiger partial charge is 0.343 e. The van der Waals surface area contributed by atoms with Crippen molar-refractivity contribution in [3.05, 3.63) is 64.7 Å². The van der Waals surface area contributed by atoms with Gasteiger partial charge in [0.1, 0.15) is 5.75 Å². The fraction of sp³-hybridized carbons (Fsp3) is 0.464. The van der Waals surface area contributed by atoms with Crippen LogP contribution in [0.1, 0.15) is 99.9 Å². The number of esters is 1. The number of hydrogen-bond acceptors (Lipinski definition) is 4. The highest BCUT2D eigenvalue weighted by Gasteiger charge is 2.08. The summed E-state index contributed by atoms with van der Waals surface area (Å²) in [6, 6.07) is 13.5. The van der Waals surface area contributed by atoms with E-state index in [9.17, 15) is 9.59 Å². The first kappa shape index (κ1) is 27.6. The van der Waals surface area contributed by atoms with Crippen molar-refractivity contribution < 1.29 is 14.3 Å². The third-order valence-electron chi connectivity index (χ3n) is 5.56. The normalized spacial score (nSPS) is 11.0. The Bertz CT molecular complexity index is 897. The number of hydrogen-bond donors (Lipinski definition) is 1. The zero-order valence-corrected chi connectivity index (χ0v) is 21.0. The van der Waals surface area contributed by atoms with Gasteiger partial charge in [0.05, 0.1) is 11.8 Å². The quantitative estimate of drug-likeness (QED) is 0.0871. The first-order valence-electron chi connectivity index (χ1n) is 12.5. The van der Waals surface area contributed by atoms with E-state index in [1.165, 1.54) is 64.0 Å². The van der Waals surface area contributed by atoms with E-state index in [0.29, 0.717) is 22.8 Å². The maximum Gasteiger partial charge on any atom is 0.343 e. The Balaban J connectivity index is 1.59. The molecule has 0 aliphatic rings. The molecule has 0 spiro atoms. The number of nitrogens with zero attached hydrogens (tertiary/aromatic N) is 1. The molecule has 0 fully saturated rings. The second-order valence-electron chi connectivity index (χ2n) is 8.55. The molecule has 1 N–H and O–H groups in total. The van der Waals surface area contributed by atoms with E-state index in [1.54, 1.807) is 42.5 Å². The van der Waals surface area contributed by atoms with Gasteiger partial charge in [0.2, 0.25) is 5.91 Å². The van der Waals surface area contributed by atoms with Crippen molar-refractivity contribution in [3.8, 4) is 5.75 Å². The molecule has 6 heteroatoms. The molecule has 0 aromatic heterocycles. The topological polar surface area (TPSA) is 67.8 Å². The molecule has 2 aromatic rings. The number of unbranched alkanes of at least 4 members (excludes halogenated alkanes) is 10. The number of amides is 1. The predicted octanol–water partition coefficient (Wildman–Crippen LogP) is 7.71. The van der Waals surface area contributed by atoms with Crippen LogP contribution in [0.3, 0.4) is 0 Å². The van der Waals surface area contributed by atoms with Gasteiger partial charge in [-0.25, -0.2) is 10.2 Å². The molecule has 184 valence electrons. The highest BCUT2D eigenvalue weighted by atomic mass is 35.5. The summed E-state index contributed by atoms with van der Waals surface area (Å²) in [6.07, 6.45) is 15.8. The predicted molar refractivity (Wildman–Crippen MR) is 140 cm³/mol.